The van der Waals surface area contributed by atoms with E-state index in [1.54, 1.807) is 54.7 Å². The number of carbonyl (C=O) groups is 2. The van der Waals surface area contributed by atoms with Gasteiger partial charge in [0.1, 0.15) is 11.5 Å². The largest absolute Gasteiger partial charge is 0.368 e. The number of nitrogen functional groups attached to an aromatic ring is 1. The first kappa shape index (κ1) is 18.9. The lowest BCUT2D eigenvalue weighted by molar-refractivity contribution is 0.0947. The molecule has 2 aromatic heterocycles. The van der Waals surface area contributed by atoms with Crippen molar-refractivity contribution in [2.45, 2.75) is 0 Å². The third-order valence-corrected chi connectivity index (χ3v) is 4.22. The van der Waals surface area contributed by atoms with Crippen LogP contribution in [0.1, 0.15) is 20.7 Å². The first-order valence-corrected chi connectivity index (χ1v) is 8.87. The van der Waals surface area contributed by atoms with Crippen molar-refractivity contribution in [3.8, 4) is 11.5 Å². The SMILES string of the molecule is Nc1nc(-c2ccccn2)nn1C(=O)c1ccc(NC(=O)c2ccccc2)c(F)c1. The molecule has 1 amide bonds. The molecule has 2 heterocycles. The van der Waals surface area contributed by atoms with Gasteiger partial charge >= 0.3 is 0 Å². The zero-order valence-corrected chi connectivity index (χ0v) is 15.5. The van der Waals surface area contributed by atoms with E-state index >= 15 is 0 Å². The Bertz CT molecular complexity index is 1220. The molecular formula is C21H15FN6O2. The minimum atomic E-state index is -0.770. The molecule has 0 unspecified atom stereocenters. The summed E-state index contributed by atoms with van der Waals surface area (Å²) in [7, 11) is 0. The molecule has 0 spiro atoms. The first-order chi connectivity index (χ1) is 14.5. The number of halogens is 1. The van der Waals surface area contributed by atoms with Crippen molar-refractivity contribution in [2.75, 3.05) is 11.1 Å². The normalized spacial score (nSPS) is 10.6. The van der Waals surface area contributed by atoms with Crippen LogP contribution in [0.25, 0.3) is 11.5 Å². The fraction of sp³-hybridized carbons (Fsp3) is 0. The van der Waals surface area contributed by atoms with Crippen molar-refractivity contribution >= 4 is 23.5 Å². The smallest absolute Gasteiger partial charge is 0.281 e. The summed E-state index contributed by atoms with van der Waals surface area (Å²) in [6.07, 6.45) is 1.56. The van der Waals surface area contributed by atoms with Crippen molar-refractivity contribution in [2.24, 2.45) is 0 Å². The molecule has 0 saturated carbocycles. The van der Waals surface area contributed by atoms with Gasteiger partial charge in [0.05, 0.1) is 5.69 Å². The molecular weight excluding hydrogens is 387 g/mol. The van der Waals surface area contributed by atoms with Gasteiger partial charge in [-0.3, -0.25) is 14.6 Å². The van der Waals surface area contributed by atoms with Gasteiger partial charge in [0, 0.05) is 17.3 Å². The van der Waals surface area contributed by atoms with Gasteiger partial charge in [-0.2, -0.15) is 9.67 Å². The molecule has 4 aromatic rings. The predicted molar refractivity (Wildman–Crippen MR) is 108 cm³/mol. The Morgan fingerprint density at radius 1 is 0.967 bits per heavy atom. The highest BCUT2D eigenvalue weighted by molar-refractivity contribution is 6.04. The zero-order valence-electron chi connectivity index (χ0n) is 15.5. The van der Waals surface area contributed by atoms with Crippen LogP contribution in [0.4, 0.5) is 16.0 Å². The van der Waals surface area contributed by atoms with E-state index in [0.717, 1.165) is 10.7 Å². The Hall–Kier alpha value is -4.40. The van der Waals surface area contributed by atoms with E-state index < -0.39 is 17.6 Å². The van der Waals surface area contributed by atoms with E-state index in [1.807, 2.05) is 0 Å². The van der Waals surface area contributed by atoms with Gasteiger partial charge in [0.2, 0.25) is 11.8 Å². The molecule has 0 saturated heterocycles. The second-order valence-corrected chi connectivity index (χ2v) is 6.24. The standard InChI is InChI=1S/C21H15FN6O2/c22-15-12-14(9-10-16(15)25-19(29)13-6-2-1-3-7-13)20(30)28-21(23)26-18(27-28)17-8-4-5-11-24-17/h1-12H,(H,25,29)(H2,23,26,27). The fourth-order valence-electron chi connectivity index (χ4n) is 2.73. The minimum Gasteiger partial charge on any atom is -0.368 e. The van der Waals surface area contributed by atoms with E-state index in [9.17, 15) is 14.0 Å². The molecule has 30 heavy (non-hydrogen) atoms. The summed E-state index contributed by atoms with van der Waals surface area (Å²) in [6, 6.07) is 17.2. The Labute approximate surface area is 170 Å². The van der Waals surface area contributed by atoms with Gasteiger partial charge in [-0.1, -0.05) is 24.3 Å². The number of hydrogen-bond acceptors (Lipinski definition) is 6. The average Bonchev–Trinajstić information content (AvgIpc) is 3.17. The van der Waals surface area contributed by atoms with Gasteiger partial charge in [-0.25, -0.2) is 4.39 Å². The molecule has 8 nitrogen and oxygen atoms in total. The Morgan fingerprint density at radius 3 is 2.43 bits per heavy atom. The van der Waals surface area contributed by atoms with Crippen LogP contribution in [0.3, 0.4) is 0 Å². The van der Waals surface area contributed by atoms with Crippen molar-refractivity contribution in [3.05, 3.63) is 89.9 Å². The number of nitrogens with zero attached hydrogens (tertiary/aromatic N) is 4. The second-order valence-electron chi connectivity index (χ2n) is 6.24. The summed E-state index contributed by atoms with van der Waals surface area (Å²) in [6.45, 7) is 0. The number of hydrogen-bond donors (Lipinski definition) is 2. The third kappa shape index (κ3) is 3.76. The van der Waals surface area contributed by atoms with Crippen LogP contribution in [-0.2, 0) is 0 Å². The molecule has 0 aliphatic heterocycles. The van der Waals surface area contributed by atoms with Gasteiger partial charge in [-0.15, -0.1) is 5.10 Å². The molecule has 9 heteroatoms. The topological polar surface area (TPSA) is 116 Å². The Kier molecular flexibility index (Phi) is 5.00. The van der Waals surface area contributed by atoms with Gasteiger partial charge < -0.3 is 11.1 Å². The van der Waals surface area contributed by atoms with Crippen LogP contribution in [0.5, 0.6) is 0 Å². The summed E-state index contributed by atoms with van der Waals surface area (Å²) >= 11 is 0. The summed E-state index contributed by atoms with van der Waals surface area (Å²) < 4.78 is 15.4. The summed E-state index contributed by atoms with van der Waals surface area (Å²) in [5.74, 6) is -1.87. The number of carbonyl (C=O) groups excluding carboxylic acids is 2. The number of rotatable bonds is 4. The number of nitrogens with two attached hydrogens (primary N) is 1. The quantitative estimate of drug-likeness (QED) is 0.542. The maximum absolute atomic E-state index is 14.5. The number of amides is 1. The number of aromatic nitrogens is 4. The van der Waals surface area contributed by atoms with E-state index in [-0.39, 0.29) is 23.0 Å². The molecule has 148 valence electrons. The monoisotopic (exact) mass is 402 g/mol. The van der Waals surface area contributed by atoms with Crippen molar-refractivity contribution < 1.29 is 14.0 Å². The molecule has 4 rings (SSSR count). The summed E-state index contributed by atoms with van der Waals surface area (Å²) in [5, 5.41) is 6.55. The minimum absolute atomic E-state index is 0.00520. The molecule has 2 aromatic carbocycles. The lowest BCUT2D eigenvalue weighted by Gasteiger charge is -2.08. The molecule has 0 atom stereocenters. The number of nitrogens with one attached hydrogen (secondary N) is 1. The number of anilines is 2. The highest BCUT2D eigenvalue weighted by atomic mass is 19.1. The highest BCUT2D eigenvalue weighted by Gasteiger charge is 2.19. The van der Waals surface area contributed by atoms with Gasteiger partial charge in [0.25, 0.3) is 11.8 Å². The van der Waals surface area contributed by atoms with Crippen molar-refractivity contribution in [1.29, 1.82) is 0 Å². The van der Waals surface area contributed by atoms with Crippen LogP contribution in [-0.4, -0.2) is 31.6 Å². The third-order valence-electron chi connectivity index (χ3n) is 4.22. The van der Waals surface area contributed by atoms with Crippen LogP contribution in [0.2, 0.25) is 0 Å². The Morgan fingerprint density at radius 2 is 1.73 bits per heavy atom. The maximum atomic E-state index is 14.5. The van der Waals surface area contributed by atoms with E-state index in [2.05, 4.69) is 20.4 Å². The first-order valence-electron chi connectivity index (χ1n) is 8.87. The maximum Gasteiger partial charge on any atom is 0.281 e. The molecule has 0 fully saturated rings. The molecule has 0 radical (unpaired) electrons. The molecule has 3 N–H and O–H groups in total. The Balaban J connectivity index is 1.57. The van der Waals surface area contributed by atoms with Crippen LogP contribution in [0, 0.1) is 5.82 Å². The van der Waals surface area contributed by atoms with Crippen molar-refractivity contribution in [3.63, 3.8) is 0 Å². The van der Waals surface area contributed by atoms with E-state index in [0.29, 0.717) is 11.3 Å². The summed E-state index contributed by atoms with van der Waals surface area (Å²) in [4.78, 5) is 33.1. The molecule has 0 bridgehead atoms. The lowest BCUT2D eigenvalue weighted by atomic mass is 10.1. The summed E-state index contributed by atoms with van der Waals surface area (Å²) in [5.41, 5.74) is 6.57. The van der Waals surface area contributed by atoms with Crippen molar-refractivity contribution in [1.82, 2.24) is 19.7 Å². The van der Waals surface area contributed by atoms with Crippen LogP contribution < -0.4 is 11.1 Å². The molecule has 0 aliphatic carbocycles. The highest BCUT2D eigenvalue weighted by Crippen LogP contribution is 2.19. The fourth-order valence-corrected chi connectivity index (χ4v) is 2.73. The zero-order chi connectivity index (χ0) is 21.1. The number of pyridine rings is 1. The molecule has 0 aliphatic rings. The van der Waals surface area contributed by atoms with E-state index in [4.69, 9.17) is 5.73 Å². The van der Waals surface area contributed by atoms with Gasteiger partial charge in [0.15, 0.2) is 0 Å². The second kappa shape index (κ2) is 7.92. The lowest BCUT2D eigenvalue weighted by Crippen LogP contribution is -2.17. The van der Waals surface area contributed by atoms with Crippen LogP contribution in [0.15, 0.2) is 72.9 Å². The number of benzene rings is 2. The average molecular weight is 402 g/mol. The predicted octanol–water partition coefficient (Wildman–Crippen LogP) is 3.00. The van der Waals surface area contributed by atoms with Crippen LogP contribution >= 0.6 is 0 Å². The van der Waals surface area contributed by atoms with E-state index in [1.165, 1.54) is 12.1 Å². The van der Waals surface area contributed by atoms with Gasteiger partial charge in [-0.05, 0) is 42.5 Å².